The van der Waals surface area contributed by atoms with E-state index in [2.05, 4.69) is 21.8 Å². The van der Waals surface area contributed by atoms with Crippen LogP contribution in [0.2, 0.25) is 0 Å². The molecule has 2 rings (SSSR count). The number of thioether (sulfide) groups is 1. The minimum absolute atomic E-state index is 0.355. The zero-order chi connectivity index (χ0) is 9.97. The quantitative estimate of drug-likeness (QED) is 0.749. The molecule has 0 radical (unpaired) electrons. The van der Waals surface area contributed by atoms with Gasteiger partial charge in [0.25, 0.3) is 0 Å². The highest BCUT2D eigenvalue weighted by Gasteiger charge is 2.17. The van der Waals surface area contributed by atoms with Gasteiger partial charge in [0.05, 0.1) is 0 Å². The van der Waals surface area contributed by atoms with Crippen molar-refractivity contribution in [1.82, 2.24) is 9.97 Å². The molecule has 2 heterocycles. The molecule has 1 fully saturated rings. The molecule has 0 amide bonds. The molecule has 2 N–H and O–H groups in total. The Kier molecular flexibility index (Phi) is 2.77. The molecule has 14 heavy (non-hydrogen) atoms. The standard InChI is InChI=1S/C9H14N4S/c1-7-6-13(4-5-14-7)8-2-3-11-9(10)12-8/h2-3,7H,4-6H2,1H3,(H2,10,11,12). The van der Waals surface area contributed by atoms with Crippen molar-refractivity contribution in [2.24, 2.45) is 0 Å². The van der Waals surface area contributed by atoms with Gasteiger partial charge in [0.15, 0.2) is 0 Å². The topological polar surface area (TPSA) is 55.0 Å². The van der Waals surface area contributed by atoms with Gasteiger partial charge in [-0.25, -0.2) is 4.98 Å². The number of hydrogen-bond donors (Lipinski definition) is 1. The maximum absolute atomic E-state index is 5.55. The van der Waals surface area contributed by atoms with Crippen LogP contribution in [0.5, 0.6) is 0 Å². The molecule has 1 aromatic heterocycles. The Labute approximate surface area is 87.9 Å². The summed E-state index contributed by atoms with van der Waals surface area (Å²) in [6.07, 6.45) is 1.71. The Morgan fingerprint density at radius 3 is 3.21 bits per heavy atom. The van der Waals surface area contributed by atoms with Gasteiger partial charge in [-0.1, -0.05) is 6.92 Å². The third kappa shape index (κ3) is 2.09. The molecule has 0 bridgehead atoms. The molecule has 1 unspecified atom stereocenters. The molecule has 0 aromatic carbocycles. The Balaban J connectivity index is 2.14. The lowest BCUT2D eigenvalue weighted by Gasteiger charge is -2.31. The van der Waals surface area contributed by atoms with Crippen LogP contribution in [0.4, 0.5) is 11.8 Å². The summed E-state index contributed by atoms with van der Waals surface area (Å²) in [7, 11) is 0. The second-order valence-corrected chi connectivity index (χ2v) is 4.95. The number of nitrogen functional groups attached to an aromatic ring is 1. The lowest BCUT2D eigenvalue weighted by Crippen LogP contribution is -2.37. The Morgan fingerprint density at radius 1 is 1.64 bits per heavy atom. The fraction of sp³-hybridized carbons (Fsp3) is 0.556. The van der Waals surface area contributed by atoms with Crippen molar-refractivity contribution in [3.8, 4) is 0 Å². The summed E-state index contributed by atoms with van der Waals surface area (Å²) in [5.74, 6) is 2.46. The largest absolute Gasteiger partial charge is 0.368 e. The molecule has 0 saturated carbocycles. The third-order valence-electron chi connectivity index (χ3n) is 2.22. The lowest BCUT2D eigenvalue weighted by atomic mass is 10.3. The van der Waals surface area contributed by atoms with E-state index in [0.29, 0.717) is 11.2 Å². The molecular formula is C9H14N4S. The van der Waals surface area contributed by atoms with Gasteiger partial charge in [-0.3, -0.25) is 0 Å². The van der Waals surface area contributed by atoms with E-state index >= 15 is 0 Å². The van der Waals surface area contributed by atoms with Crippen molar-refractivity contribution >= 4 is 23.5 Å². The van der Waals surface area contributed by atoms with Crippen LogP contribution >= 0.6 is 11.8 Å². The predicted molar refractivity (Wildman–Crippen MR) is 60.6 cm³/mol. The fourth-order valence-corrected chi connectivity index (χ4v) is 2.58. The summed E-state index contributed by atoms with van der Waals surface area (Å²) >= 11 is 2.00. The molecule has 1 atom stereocenters. The first-order valence-corrected chi connectivity index (χ1v) is 5.75. The average Bonchev–Trinajstić information content (AvgIpc) is 2.18. The fourth-order valence-electron chi connectivity index (χ4n) is 1.57. The van der Waals surface area contributed by atoms with E-state index in [0.717, 1.165) is 24.7 Å². The van der Waals surface area contributed by atoms with Crippen molar-refractivity contribution in [2.45, 2.75) is 12.2 Å². The van der Waals surface area contributed by atoms with Gasteiger partial charge in [-0.15, -0.1) is 0 Å². The summed E-state index contributed by atoms with van der Waals surface area (Å²) in [5, 5.41) is 0.667. The van der Waals surface area contributed by atoms with Gasteiger partial charge in [0, 0.05) is 30.3 Å². The first-order chi connectivity index (χ1) is 6.75. The monoisotopic (exact) mass is 210 g/mol. The normalized spacial score (nSPS) is 22.4. The van der Waals surface area contributed by atoms with Crippen LogP contribution in [-0.4, -0.2) is 34.1 Å². The summed E-state index contributed by atoms with van der Waals surface area (Å²) in [6.45, 7) is 4.33. The summed E-state index contributed by atoms with van der Waals surface area (Å²) in [6, 6.07) is 1.92. The zero-order valence-electron chi connectivity index (χ0n) is 8.18. The van der Waals surface area contributed by atoms with E-state index in [1.807, 2.05) is 17.8 Å². The van der Waals surface area contributed by atoms with Gasteiger partial charge in [-0.2, -0.15) is 16.7 Å². The van der Waals surface area contributed by atoms with E-state index in [1.165, 1.54) is 0 Å². The molecule has 1 aliphatic heterocycles. The number of anilines is 2. The first kappa shape index (κ1) is 9.58. The molecule has 0 aliphatic carbocycles. The van der Waals surface area contributed by atoms with Crippen LogP contribution in [0.25, 0.3) is 0 Å². The van der Waals surface area contributed by atoms with Crippen LogP contribution in [-0.2, 0) is 0 Å². The molecular weight excluding hydrogens is 196 g/mol. The molecule has 1 aliphatic rings. The van der Waals surface area contributed by atoms with E-state index in [-0.39, 0.29) is 0 Å². The summed E-state index contributed by atoms with van der Waals surface area (Å²) in [4.78, 5) is 10.4. The molecule has 0 spiro atoms. The SMILES string of the molecule is CC1CN(c2ccnc(N)n2)CCS1. The van der Waals surface area contributed by atoms with Crippen molar-refractivity contribution in [1.29, 1.82) is 0 Å². The Morgan fingerprint density at radius 2 is 2.50 bits per heavy atom. The number of rotatable bonds is 1. The maximum Gasteiger partial charge on any atom is 0.221 e. The minimum atomic E-state index is 0.355. The second kappa shape index (κ2) is 4.04. The average molecular weight is 210 g/mol. The van der Waals surface area contributed by atoms with Gasteiger partial charge in [-0.05, 0) is 6.07 Å². The predicted octanol–water partition coefficient (Wildman–Crippen LogP) is 1.00. The highest BCUT2D eigenvalue weighted by molar-refractivity contribution is 8.00. The maximum atomic E-state index is 5.55. The van der Waals surface area contributed by atoms with Crippen LogP contribution < -0.4 is 10.6 Å². The molecule has 5 heteroatoms. The van der Waals surface area contributed by atoms with Crippen molar-refractivity contribution in [2.75, 3.05) is 29.5 Å². The van der Waals surface area contributed by atoms with E-state index in [4.69, 9.17) is 5.73 Å². The highest BCUT2D eigenvalue weighted by Crippen LogP contribution is 2.22. The molecule has 1 saturated heterocycles. The molecule has 76 valence electrons. The number of nitrogens with zero attached hydrogens (tertiary/aromatic N) is 3. The summed E-state index contributed by atoms with van der Waals surface area (Å²) in [5.41, 5.74) is 5.55. The third-order valence-corrected chi connectivity index (χ3v) is 3.36. The van der Waals surface area contributed by atoms with E-state index < -0.39 is 0 Å². The van der Waals surface area contributed by atoms with Gasteiger partial charge in [0.1, 0.15) is 5.82 Å². The van der Waals surface area contributed by atoms with E-state index in [1.54, 1.807) is 6.20 Å². The van der Waals surface area contributed by atoms with Crippen LogP contribution in [0, 0.1) is 0 Å². The zero-order valence-corrected chi connectivity index (χ0v) is 9.00. The Hall–Kier alpha value is -0.970. The van der Waals surface area contributed by atoms with Crippen molar-refractivity contribution < 1.29 is 0 Å². The van der Waals surface area contributed by atoms with Crippen LogP contribution in [0.1, 0.15) is 6.92 Å². The smallest absolute Gasteiger partial charge is 0.221 e. The number of nitrogens with two attached hydrogens (primary N) is 1. The lowest BCUT2D eigenvalue weighted by molar-refractivity contribution is 0.769. The number of hydrogen-bond acceptors (Lipinski definition) is 5. The van der Waals surface area contributed by atoms with Crippen LogP contribution in [0.15, 0.2) is 12.3 Å². The highest BCUT2D eigenvalue weighted by atomic mass is 32.2. The molecule has 1 aromatic rings. The minimum Gasteiger partial charge on any atom is -0.368 e. The van der Waals surface area contributed by atoms with Crippen LogP contribution in [0.3, 0.4) is 0 Å². The molecule has 4 nitrogen and oxygen atoms in total. The van der Waals surface area contributed by atoms with Gasteiger partial charge < -0.3 is 10.6 Å². The second-order valence-electron chi connectivity index (χ2n) is 3.40. The Bertz CT molecular complexity index is 317. The van der Waals surface area contributed by atoms with Gasteiger partial charge >= 0.3 is 0 Å². The first-order valence-electron chi connectivity index (χ1n) is 4.71. The number of aromatic nitrogens is 2. The van der Waals surface area contributed by atoms with Gasteiger partial charge in [0.2, 0.25) is 5.95 Å². The van der Waals surface area contributed by atoms with Crippen molar-refractivity contribution in [3.05, 3.63) is 12.3 Å². The summed E-state index contributed by atoms with van der Waals surface area (Å²) < 4.78 is 0. The van der Waals surface area contributed by atoms with E-state index in [9.17, 15) is 0 Å². The van der Waals surface area contributed by atoms with Crippen molar-refractivity contribution in [3.63, 3.8) is 0 Å².